The number of likely N-dealkylation sites (tertiary alicyclic amines) is 1. The summed E-state index contributed by atoms with van der Waals surface area (Å²) in [6, 6.07) is 8.47. The Hall–Kier alpha value is -2.18. The van der Waals surface area contributed by atoms with Gasteiger partial charge in [0.15, 0.2) is 0 Å². The molecule has 1 aromatic carbocycles. The van der Waals surface area contributed by atoms with Crippen molar-refractivity contribution >= 4 is 6.08 Å². The van der Waals surface area contributed by atoms with Gasteiger partial charge in [-0.3, -0.25) is 4.90 Å². The molecular formula is C19H26N4O2. The summed E-state index contributed by atoms with van der Waals surface area (Å²) in [4.78, 5) is 2.45. The molecule has 1 fully saturated rings. The number of ether oxygens (including phenoxy) is 1. The minimum atomic E-state index is 0.121. The van der Waals surface area contributed by atoms with Crippen molar-refractivity contribution in [2.75, 3.05) is 33.4 Å². The van der Waals surface area contributed by atoms with Gasteiger partial charge < -0.3 is 9.84 Å². The normalized spacial score (nSPS) is 16.6. The van der Waals surface area contributed by atoms with E-state index in [0.717, 1.165) is 49.5 Å². The zero-order chi connectivity index (χ0) is 17.5. The van der Waals surface area contributed by atoms with Crippen LogP contribution in [0.2, 0.25) is 0 Å². The smallest absolute Gasteiger partial charge is 0.126 e. The molecule has 0 aliphatic carbocycles. The van der Waals surface area contributed by atoms with Crippen LogP contribution in [-0.2, 0) is 6.42 Å². The van der Waals surface area contributed by atoms with Gasteiger partial charge in [-0.15, -0.1) is 5.10 Å². The summed E-state index contributed by atoms with van der Waals surface area (Å²) in [5.41, 5.74) is 1.98. The monoisotopic (exact) mass is 342 g/mol. The van der Waals surface area contributed by atoms with E-state index in [-0.39, 0.29) is 6.61 Å². The lowest BCUT2D eigenvalue weighted by molar-refractivity contribution is 0.194. The van der Waals surface area contributed by atoms with Crippen molar-refractivity contribution in [2.24, 2.45) is 0 Å². The predicted molar refractivity (Wildman–Crippen MR) is 97.6 cm³/mol. The molecule has 1 aromatic heterocycles. The summed E-state index contributed by atoms with van der Waals surface area (Å²) in [6.07, 6.45) is 9.02. The van der Waals surface area contributed by atoms with Crippen molar-refractivity contribution in [3.05, 3.63) is 47.8 Å². The van der Waals surface area contributed by atoms with E-state index >= 15 is 0 Å². The molecular weight excluding hydrogens is 316 g/mol. The minimum absolute atomic E-state index is 0.121. The SMILES string of the molecule is COc1ccccc1/C=C/CN1CCC(n2cc(CCO)nn2)CC1. The minimum Gasteiger partial charge on any atom is -0.496 e. The topological polar surface area (TPSA) is 63.4 Å². The molecule has 1 aliphatic rings. The first-order valence-electron chi connectivity index (χ1n) is 8.83. The highest BCUT2D eigenvalue weighted by Crippen LogP contribution is 2.22. The van der Waals surface area contributed by atoms with Crippen molar-refractivity contribution in [2.45, 2.75) is 25.3 Å². The van der Waals surface area contributed by atoms with Gasteiger partial charge in [0.2, 0.25) is 0 Å². The molecule has 0 amide bonds. The Morgan fingerprint density at radius 1 is 1.28 bits per heavy atom. The fourth-order valence-corrected chi connectivity index (χ4v) is 3.22. The Bertz CT molecular complexity index is 690. The van der Waals surface area contributed by atoms with E-state index in [0.29, 0.717) is 12.5 Å². The maximum atomic E-state index is 8.97. The zero-order valence-electron chi connectivity index (χ0n) is 14.7. The second-order valence-electron chi connectivity index (χ2n) is 6.34. The van der Waals surface area contributed by atoms with Gasteiger partial charge in [0.1, 0.15) is 5.75 Å². The van der Waals surface area contributed by atoms with Crippen LogP contribution in [0.4, 0.5) is 0 Å². The summed E-state index contributed by atoms with van der Waals surface area (Å²) < 4.78 is 7.34. The average Bonchev–Trinajstić information content (AvgIpc) is 3.12. The standard InChI is InChI=1S/C19H26N4O2/c1-25-19-7-3-2-5-16(19)6-4-11-22-12-8-18(9-13-22)23-15-17(10-14-24)20-21-23/h2-7,15,18,24H,8-14H2,1H3/b6-4+. The van der Waals surface area contributed by atoms with Crippen molar-refractivity contribution in [1.82, 2.24) is 19.9 Å². The zero-order valence-corrected chi connectivity index (χ0v) is 14.7. The molecule has 1 aliphatic heterocycles. The lowest BCUT2D eigenvalue weighted by atomic mass is 10.1. The van der Waals surface area contributed by atoms with Crippen LogP contribution in [0.25, 0.3) is 6.08 Å². The van der Waals surface area contributed by atoms with Gasteiger partial charge in [-0.2, -0.15) is 0 Å². The third-order valence-electron chi connectivity index (χ3n) is 4.66. The number of rotatable bonds is 7. The van der Waals surface area contributed by atoms with E-state index < -0.39 is 0 Å². The molecule has 0 saturated carbocycles. The highest BCUT2D eigenvalue weighted by atomic mass is 16.5. The third kappa shape index (κ3) is 4.67. The summed E-state index contributed by atoms with van der Waals surface area (Å²) in [5.74, 6) is 0.905. The van der Waals surface area contributed by atoms with E-state index in [4.69, 9.17) is 9.84 Å². The number of hydrogen-bond acceptors (Lipinski definition) is 5. The molecule has 2 aromatic rings. The number of methoxy groups -OCH3 is 1. The van der Waals surface area contributed by atoms with E-state index in [2.05, 4.69) is 33.4 Å². The molecule has 0 radical (unpaired) electrons. The molecule has 0 bridgehead atoms. The number of aliphatic hydroxyl groups excluding tert-OH is 1. The summed E-state index contributed by atoms with van der Waals surface area (Å²) >= 11 is 0. The largest absolute Gasteiger partial charge is 0.496 e. The second-order valence-corrected chi connectivity index (χ2v) is 6.34. The Balaban J connectivity index is 1.48. The van der Waals surface area contributed by atoms with Crippen LogP contribution >= 0.6 is 0 Å². The van der Waals surface area contributed by atoms with Crippen LogP contribution in [0, 0.1) is 0 Å². The van der Waals surface area contributed by atoms with Gasteiger partial charge in [0, 0.05) is 44.4 Å². The molecule has 1 saturated heterocycles. The summed E-state index contributed by atoms with van der Waals surface area (Å²) in [7, 11) is 1.70. The first kappa shape index (κ1) is 17.6. The molecule has 2 heterocycles. The molecule has 6 heteroatoms. The molecule has 0 spiro atoms. The molecule has 1 N–H and O–H groups in total. The first-order chi connectivity index (χ1) is 12.3. The lowest BCUT2D eigenvalue weighted by Gasteiger charge is -2.30. The predicted octanol–water partition coefficient (Wildman–Crippen LogP) is 2.17. The number of para-hydroxylation sites is 1. The number of piperidine rings is 1. The van der Waals surface area contributed by atoms with Crippen LogP contribution in [0.1, 0.15) is 30.1 Å². The van der Waals surface area contributed by atoms with Gasteiger partial charge in [0.25, 0.3) is 0 Å². The first-order valence-corrected chi connectivity index (χ1v) is 8.83. The van der Waals surface area contributed by atoms with Crippen molar-refractivity contribution in [3.8, 4) is 5.75 Å². The Kier molecular flexibility index (Phi) is 6.19. The third-order valence-corrected chi connectivity index (χ3v) is 4.66. The van der Waals surface area contributed by atoms with E-state index in [1.807, 2.05) is 29.1 Å². The highest BCUT2D eigenvalue weighted by Gasteiger charge is 2.20. The average molecular weight is 342 g/mol. The van der Waals surface area contributed by atoms with Gasteiger partial charge in [-0.05, 0) is 18.9 Å². The summed E-state index contributed by atoms with van der Waals surface area (Å²) in [5, 5.41) is 17.3. The van der Waals surface area contributed by atoms with Crippen molar-refractivity contribution in [1.29, 1.82) is 0 Å². The van der Waals surface area contributed by atoms with Gasteiger partial charge >= 0.3 is 0 Å². The van der Waals surface area contributed by atoms with Gasteiger partial charge in [-0.25, -0.2) is 4.68 Å². The number of nitrogens with zero attached hydrogens (tertiary/aromatic N) is 4. The molecule has 134 valence electrons. The second kappa shape index (κ2) is 8.78. The molecule has 0 unspecified atom stereocenters. The number of aliphatic hydroxyl groups is 1. The lowest BCUT2D eigenvalue weighted by Crippen LogP contribution is -2.34. The summed E-state index contributed by atoms with van der Waals surface area (Å²) in [6.45, 7) is 3.17. The van der Waals surface area contributed by atoms with Crippen LogP contribution < -0.4 is 4.74 Å². The van der Waals surface area contributed by atoms with E-state index in [9.17, 15) is 0 Å². The molecule has 3 rings (SSSR count). The molecule has 25 heavy (non-hydrogen) atoms. The molecule has 0 atom stereocenters. The Morgan fingerprint density at radius 2 is 2.08 bits per heavy atom. The Labute approximate surface area is 148 Å². The molecule has 6 nitrogen and oxygen atoms in total. The van der Waals surface area contributed by atoms with Crippen LogP contribution in [0.5, 0.6) is 5.75 Å². The van der Waals surface area contributed by atoms with Crippen LogP contribution in [0.15, 0.2) is 36.5 Å². The maximum Gasteiger partial charge on any atom is 0.126 e. The number of benzene rings is 1. The fourth-order valence-electron chi connectivity index (χ4n) is 3.22. The number of hydrogen-bond donors (Lipinski definition) is 1. The fraction of sp³-hybridized carbons (Fsp3) is 0.474. The van der Waals surface area contributed by atoms with Crippen LogP contribution in [0.3, 0.4) is 0 Å². The van der Waals surface area contributed by atoms with E-state index in [1.54, 1.807) is 7.11 Å². The quantitative estimate of drug-likeness (QED) is 0.835. The Morgan fingerprint density at radius 3 is 2.84 bits per heavy atom. The number of aromatic nitrogens is 3. The van der Waals surface area contributed by atoms with Gasteiger partial charge in [0.05, 0.1) is 18.8 Å². The van der Waals surface area contributed by atoms with Gasteiger partial charge in [-0.1, -0.05) is 35.6 Å². The van der Waals surface area contributed by atoms with Crippen molar-refractivity contribution < 1.29 is 9.84 Å². The maximum absolute atomic E-state index is 8.97. The van der Waals surface area contributed by atoms with Crippen LogP contribution in [-0.4, -0.2) is 58.4 Å². The van der Waals surface area contributed by atoms with Crippen molar-refractivity contribution in [3.63, 3.8) is 0 Å². The van der Waals surface area contributed by atoms with E-state index in [1.165, 1.54) is 0 Å². The highest BCUT2D eigenvalue weighted by molar-refractivity contribution is 5.57.